The molecule has 17 heteroatoms. The second-order valence-electron chi connectivity index (χ2n) is 18.5. The average molecular weight is 973 g/mol. The van der Waals surface area contributed by atoms with E-state index in [0.29, 0.717) is 70.1 Å². The van der Waals surface area contributed by atoms with Gasteiger partial charge in [-0.15, -0.1) is 11.3 Å². The van der Waals surface area contributed by atoms with Gasteiger partial charge in [0.2, 0.25) is 0 Å². The Morgan fingerprint density at radius 3 is 1.86 bits per heavy atom. The van der Waals surface area contributed by atoms with Crippen molar-refractivity contribution < 1.29 is 19.1 Å². The molecule has 4 aromatic heterocycles. The summed E-state index contributed by atoms with van der Waals surface area (Å²) in [6, 6.07) is 31.8. The molecule has 0 spiro atoms. The van der Waals surface area contributed by atoms with Crippen LogP contribution in [0.4, 0.5) is 10.9 Å². The number of piperazine rings is 2. The van der Waals surface area contributed by atoms with Crippen LogP contribution in [0.2, 0.25) is 0 Å². The van der Waals surface area contributed by atoms with E-state index in [1.165, 1.54) is 16.9 Å². The van der Waals surface area contributed by atoms with Gasteiger partial charge in [0.25, 0.3) is 11.8 Å². The Labute approximate surface area is 417 Å². The van der Waals surface area contributed by atoms with Crippen molar-refractivity contribution in [3.05, 3.63) is 132 Å². The van der Waals surface area contributed by atoms with E-state index in [9.17, 15) is 9.59 Å². The molecule has 1 unspecified atom stereocenters. The largest absolute Gasteiger partial charge is 0.491 e. The Bertz CT molecular complexity index is 3070. The first-order valence-corrected chi connectivity index (χ1v) is 25.4. The zero-order valence-electron chi connectivity index (χ0n) is 40.4. The number of ether oxygens (including phenoxy) is 2. The molecule has 2 amide bonds. The monoisotopic (exact) mass is 972 g/mol. The summed E-state index contributed by atoms with van der Waals surface area (Å²) < 4.78 is 13.0. The second-order valence-corrected chi connectivity index (χ2v) is 19.4. The number of aromatic nitrogens is 6. The van der Waals surface area contributed by atoms with Gasteiger partial charge in [0.1, 0.15) is 53.2 Å². The number of H-pyrrole nitrogens is 2. The van der Waals surface area contributed by atoms with Crippen molar-refractivity contribution in [2.24, 2.45) is 0 Å². The fourth-order valence-corrected chi connectivity index (χ4v) is 10.1. The molecule has 366 valence electrons. The molecule has 10 rings (SSSR count). The molecule has 2 saturated heterocycles. The van der Waals surface area contributed by atoms with E-state index in [4.69, 9.17) is 19.4 Å². The number of pyridine rings is 1. The number of benzene rings is 4. The molecule has 2 aliphatic heterocycles. The van der Waals surface area contributed by atoms with Crippen molar-refractivity contribution in [2.45, 2.75) is 39.3 Å². The minimum atomic E-state index is -0.271. The summed E-state index contributed by atoms with van der Waals surface area (Å²) in [5.41, 5.74) is 6.55. The third-order valence-corrected chi connectivity index (χ3v) is 14.2. The van der Waals surface area contributed by atoms with Crippen LogP contribution < -0.4 is 20.1 Å². The maximum absolute atomic E-state index is 13.5. The zero-order valence-corrected chi connectivity index (χ0v) is 41.3. The first-order chi connectivity index (χ1) is 34.7. The highest BCUT2D eigenvalue weighted by molar-refractivity contribution is 7.13. The SMILES string of the molecule is CC(C)N1CCN(CCOc2ccc(CC(C)N3CCN(CCOc4ccccc4-c4nc5c(C(=O)Nc6nccs6)cccc5[nH]4)CC3)cc2-c2nc3c(C(=O)Nc4ccccn4)cccc3[nH]2)CC1. The number of aromatic amines is 2. The molecule has 6 heterocycles. The van der Waals surface area contributed by atoms with Crippen molar-refractivity contribution in [3.8, 4) is 34.3 Å². The summed E-state index contributed by atoms with van der Waals surface area (Å²) in [4.78, 5) is 62.0. The van der Waals surface area contributed by atoms with Gasteiger partial charge in [-0.05, 0) is 93.4 Å². The van der Waals surface area contributed by atoms with Gasteiger partial charge in [-0.2, -0.15) is 0 Å². The predicted molar refractivity (Wildman–Crippen MR) is 281 cm³/mol. The number of thiazole rings is 1. The van der Waals surface area contributed by atoms with E-state index in [0.717, 1.165) is 106 Å². The first-order valence-electron chi connectivity index (χ1n) is 24.5. The number of para-hydroxylation sites is 3. The molecule has 16 nitrogen and oxygen atoms in total. The molecule has 4 N–H and O–H groups in total. The Morgan fingerprint density at radius 2 is 1.24 bits per heavy atom. The minimum absolute atomic E-state index is 0.256. The van der Waals surface area contributed by atoms with E-state index in [1.54, 1.807) is 30.6 Å². The highest BCUT2D eigenvalue weighted by atomic mass is 32.1. The predicted octanol–water partition coefficient (Wildman–Crippen LogP) is 8.16. The van der Waals surface area contributed by atoms with Gasteiger partial charge >= 0.3 is 0 Å². The Balaban J connectivity index is 0.774. The number of fused-ring (bicyclic) bond motifs is 2. The lowest BCUT2D eigenvalue weighted by Gasteiger charge is -2.38. The summed E-state index contributed by atoms with van der Waals surface area (Å²) in [6.07, 6.45) is 4.17. The Kier molecular flexibility index (Phi) is 14.7. The van der Waals surface area contributed by atoms with Gasteiger partial charge < -0.3 is 24.8 Å². The normalized spacial score (nSPS) is 15.6. The lowest BCUT2D eigenvalue weighted by molar-refractivity contribution is 0.0918. The number of hydrogen-bond donors (Lipinski definition) is 4. The van der Waals surface area contributed by atoms with Crippen molar-refractivity contribution in [1.82, 2.24) is 49.5 Å². The van der Waals surface area contributed by atoms with Crippen LogP contribution in [0, 0.1) is 0 Å². The molecule has 8 aromatic rings. The van der Waals surface area contributed by atoms with Crippen molar-refractivity contribution >= 4 is 56.2 Å². The molecular formula is C54H60N12O4S. The van der Waals surface area contributed by atoms with Crippen molar-refractivity contribution in [2.75, 3.05) is 89.3 Å². The summed E-state index contributed by atoms with van der Waals surface area (Å²) in [6.45, 7) is 17.5. The molecule has 0 radical (unpaired) electrons. The molecule has 0 saturated carbocycles. The van der Waals surface area contributed by atoms with Gasteiger partial charge in [-0.3, -0.25) is 34.5 Å². The van der Waals surface area contributed by atoms with Crippen LogP contribution in [0.3, 0.4) is 0 Å². The van der Waals surface area contributed by atoms with Crippen LogP contribution in [0.15, 0.2) is 115 Å². The fourth-order valence-electron chi connectivity index (χ4n) is 9.53. The molecule has 2 fully saturated rings. The molecular weight excluding hydrogens is 913 g/mol. The van der Waals surface area contributed by atoms with Gasteiger partial charge in [0.15, 0.2) is 5.13 Å². The average Bonchev–Trinajstić information content (AvgIpc) is 4.18. The smallest absolute Gasteiger partial charge is 0.259 e. The summed E-state index contributed by atoms with van der Waals surface area (Å²) in [7, 11) is 0. The summed E-state index contributed by atoms with van der Waals surface area (Å²) in [5, 5.41) is 8.15. The Hall–Kier alpha value is -7.02. The minimum Gasteiger partial charge on any atom is -0.491 e. The molecule has 2 aliphatic rings. The molecule has 0 aliphatic carbocycles. The third-order valence-electron chi connectivity index (χ3n) is 13.5. The van der Waals surface area contributed by atoms with E-state index in [1.807, 2.05) is 66.0 Å². The number of carbonyl (C=O) groups is 2. The van der Waals surface area contributed by atoms with E-state index in [-0.39, 0.29) is 11.8 Å². The topological polar surface area (TPSA) is 173 Å². The number of anilines is 2. The number of nitrogens with zero attached hydrogens (tertiary/aromatic N) is 8. The van der Waals surface area contributed by atoms with Crippen LogP contribution in [0.25, 0.3) is 44.8 Å². The molecule has 71 heavy (non-hydrogen) atoms. The van der Waals surface area contributed by atoms with Crippen LogP contribution >= 0.6 is 11.3 Å². The van der Waals surface area contributed by atoms with Crippen molar-refractivity contribution in [1.29, 1.82) is 0 Å². The quantitative estimate of drug-likeness (QED) is 0.0651. The maximum Gasteiger partial charge on any atom is 0.259 e. The fraction of sp³-hybridized carbons (Fsp3) is 0.333. The number of amides is 2. The van der Waals surface area contributed by atoms with E-state index < -0.39 is 0 Å². The van der Waals surface area contributed by atoms with Crippen LogP contribution in [0.1, 0.15) is 47.1 Å². The lowest BCUT2D eigenvalue weighted by atomic mass is 10.0. The molecule has 4 aromatic carbocycles. The van der Waals surface area contributed by atoms with Gasteiger partial charge in [0.05, 0.1) is 33.3 Å². The zero-order chi connectivity index (χ0) is 48.7. The highest BCUT2D eigenvalue weighted by Gasteiger charge is 2.25. The van der Waals surface area contributed by atoms with Crippen molar-refractivity contribution in [3.63, 3.8) is 0 Å². The van der Waals surface area contributed by atoms with E-state index >= 15 is 0 Å². The number of imidazole rings is 2. The van der Waals surface area contributed by atoms with E-state index in [2.05, 4.69) is 89.1 Å². The highest BCUT2D eigenvalue weighted by Crippen LogP contribution is 2.34. The van der Waals surface area contributed by atoms with Crippen LogP contribution in [-0.2, 0) is 6.42 Å². The molecule has 1 atom stereocenters. The van der Waals surface area contributed by atoms with Crippen LogP contribution in [0.5, 0.6) is 11.5 Å². The number of rotatable bonds is 18. The summed E-state index contributed by atoms with van der Waals surface area (Å²) in [5.74, 6) is 2.75. The summed E-state index contributed by atoms with van der Waals surface area (Å²) >= 11 is 1.37. The van der Waals surface area contributed by atoms with Gasteiger partial charge in [-0.1, -0.05) is 36.4 Å². The third kappa shape index (κ3) is 11.3. The standard InChI is InChI=1S/C54H60N12O4S/c1-36(2)65-25-21-63(22-26-65)30-32-70-46-18-17-38(35-42(46)51-58-44-14-8-11-40(48(44)61-51)52(67)59-47-16-6-7-19-55-47)34-37(3)66-27-23-64(24-28-66)29-31-69-45-15-5-4-10-39(45)50-57-43-13-9-12-41(49(43)60-50)53(68)62-54-56-20-33-71-54/h4-20,33,35-37H,21-32,34H2,1-3H3,(H,57,60)(H,58,61)(H,55,59,67)(H,56,62,68). The Morgan fingerprint density at radius 1 is 0.634 bits per heavy atom. The molecule has 0 bridgehead atoms. The number of nitrogens with one attached hydrogen (secondary N) is 4. The van der Waals surface area contributed by atoms with Crippen LogP contribution in [-0.4, -0.2) is 152 Å². The van der Waals surface area contributed by atoms with Gasteiger partial charge in [0, 0.05) is 95.3 Å². The number of carbonyl (C=O) groups excluding carboxylic acids is 2. The maximum atomic E-state index is 13.5. The number of hydrogen-bond acceptors (Lipinski definition) is 13. The van der Waals surface area contributed by atoms with Gasteiger partial charge in [-0.25, -0.2) is 19.9 Å². The lowest BCUT2D eigenvalue weighted by Crippen LogP contribution is -2.50. The second kappa shape index (κ2) is 22.0. The first kappa shape index (κ1) is 47.6.